The Balaban J connectivity index is 1.77. The number of carboxylic acids is 1. The van der Waals surface area contributed by atoms with Gasteiger partial charge in [-0.25, -0.2) is 9.38 Å². The average molecular weight is 409 g/mol. The summed E-state index contributed by atoms with van der Waals surface area (Å²) >= 11 is 1.31. The highest BCUT2D eigenvalue weighted by atomic mass is 32.1. The van der Waals surface area contributed by atoms with Crippen molar-refractivity contribution in [2.24, 2.45) is 0 Å². The van der Waals surface area contributed by atoms with Crippen molar-refractivity contribution in [3.63, 3.8) is 0 Å². The fourth-order valence-corrected chi connectivity index (χ4v) is 3.97. The van der Waals surface area contributed by atoms with Crippen molar-refractivity contribution in [2.75, 3.05) is 6.61 Å². The lowest BCUT2D eigenvalue weighted by Crippen LogP contribution is -2.37. The van der Waals surface area contributed by atoms with E-state index in [1.807, 2.05) is 31.2 Å². The molecule has 0 amide bonds. The van der Waals surface area contributed by atoms with E-state index in [1.165, 1.54) is 18.3 Å². The molecule has 0 saturated carbocycles. The Labute approximate surface area is 169 Å². The maximum atomic E-state index is 12.9. The monoisotopic (exact) mass is 409 g/mol. The number of para-hydroxylation sites is 2. The van der Waals surface area contributed by atoms with Crippen molar-refractivity contribution in [3.8, 4) is 11.5 Å². The van der Waals surface area contributed by atoms with Gasteiger partial charge in [0.2, 0.25) is 0 Å². The van der Waals surface area contributed by atoms with Crippen LogP contribution in [0.2, 0.25) is 0 Å². The summed E-state index contributed by atoms with van der Waals surface area (Å²) in [7, 11) is 0. The zero-order valence-corrected chi connectivity index (χ0v) is 16.6. The van der Waals surface area contributed by atoms with E-state index in [0.717, 1.165) is 16.6 Å². The van der Waals surface area contributed by atoms with E-state index < -0.39 is 12.1 Å². The molecule has 29 heavy (non-hydrogen) atoms. The number of carbonyl (C=O) groups is 1. The molecule has 0 fully saturated rings. The minimum atomic E-state index is -1.31. The molecule has 4 rings (SSSR count). The van der Waals surface area contributed by atoms with Crippen molar-refractivity contribution < 1.29 is 19.4 Å². The van der Waals surface area contributed by atoms with E-state index in [1.54, 1.807) is 28.7 Å². The second kappa shape index (κ2) is 7.56. The summed E-state index contributed by atoms with van der Waals surface area (Å²) in [6, 6.07) is 12.6. The van der Waals surface area contributed by atoms with Crippen molar-refractivity contribution in [1.29, 1.82) is 0 Å². The molecule has 7 nitrogen and oxygen atoms in total. The van der Waals surface area contributed by atoms with Crippen LogP contribution in [0.5, 0.6) is 11.5 Å². The third-order valence-electron chi connectivity index (χ3n) is 4.35. The van der Waals surface area contributed by atoms with E-state index in [-0.39, 0.29) is 5.56 Å². The number of benzene rings is 2. The highest BCUT2D eigenvalue weighted by Crippen LogP contribution is 2.29. The number of nitrogens with zero attached hydrogens (tertiary/aromatic N) is 2. The maximum absolute atomic E-state index is 12.9. The fraction of sp³-hybridized carbons (Fsp3) is 0.190. The second-order valence-corrected chi connectivity index (χ2v) is 7.36. The Bertz CT molecular complexity index is 1320. The van der Waals surface area contributed by atoms with Gasteiger partial charge in [-0.2, -0.15) is 0 Å². The zero-order valence-electron chi connectivity index (χ0n) is 15.7. The van der Waals surface area contributed by atoms with Gasteiger partial charge in [-0.3, -0.25) is 4.79 Å². The number of aromatic nitrogens is 2. The van der Waals surface area contributed by atoms with Gasteiger partial charge in [-0.15, -0.1) is 0 Å². The molecule has 0 spiro atoms. The number of carboxylic acid groups (broad SMARTS) is 1. The van der Waals surface area contributed by atoms with E-state index in [9.17, 15) is 14.7 Å². The molecule has 0 bridgehead atoms. The van der Waals surface area contributed by atoms with Crippen LogP contribution in [0.25, 0.3) is 22.1 Å². The number of fused-ring (bicyclic) bond motifs is 3. The van der Waals surface area contributed by atoms with E-state index in [4.69, 9.17) is 9.47 Å². The maximum Gasteiger partial charge on any atom is 0.274 e. The smallest absolute Gasteiger partial charge is 0.274 e. The number of hydrogen-bond acceptors (Lipinski definition) is 7. The van der Waals surface area contributed by atoms with Crippen LogP contribution in [-0.2, 0) is 4.79 Å². The lowest BCUT2D eigenvalue weighted by Gasteiger charge is -2.18. The molecule has 2 heterocycles. The van der Waals surface area contributed by atoms with Gasteiger partial charge in [0.25, 0.3) is 5.56 Å². The minimum absolute atomic E-state index is 0.137. The molecule has 2 aromatic heterocycles. The number of carbonyl (C=O) groups excluding carboxylic acids is 1. The summed E-state index contributed by atoms with van der Waals surface area (Å²) in [5.41, 5.74) is 2.15. The summed E-state index contributed by atoms with van der Waals surface area (Å²) in [5.74, 6) is -0.614. The Morgan fingerprint density at radius 3 is 2.83 bits per heavy atom. The Morgan fingerprint density at radius 2 is 2.07 bits per heavy atom. The van der Waals surface area contributed by atoms with E-state index in [2.05, 4.69) is 4.98 Å². The quantitative estimate of drug-likeness (QED) is 0.478. The van der Waals surface area contributed by atoms with Crippen LogP contribution in [0.3, 0.4) is 0 Å². The molecule has 2 aromatic carbocycles. The number of thiazole rings is 1. The van der Waals surface area contributed by atoms with Gasteiger partial charge in [-0.05, 0) is 49.8 Å². The largest absolute Gasteiger partial charge is 0.546 e. The summed E-state index contributed by atoms with van der Waals surface area (Å²) in [4.78, 5) is 29.0. The van der Waals surface area contributed by atoms with Crippen LogP contribution in [0.1, 0.15) is 19.4 Å². The molecule has 4 aromatic rings. The summed E-state index contributed by atoms with van der Waals surface area (Å²) in [6.45, 7) is 3.59. The van der Waals surface area contributed by atoms with Gasteiger partial charge in [0, 0.05) is 0 Å². The molecular weight excluding hydrogens is 392 g/mol. The number of hydrogen-bond donors (Lipinski definition) is 0. The normalized spacial score (nSPS) is 13.1. The lowest BCUT2D eigenvalue weighted by molar-refractivity contribution is -0.312. The third kappa shape index (κ3) is 3.54. The van der Waals surface area contributed by atoms with E-state index >= 15 is 0 Å². The standard InChI is InChI=1S/C21H18N2O5S/c1-3-27-17-10-13(8-9-16(17)28-12(2)20(25)26)11-18-19(24)23-15-7-5-4-6-14(15)22-21(23)29-18/h4-12H,3H2,1-2H3,(H,25,26)/p-1/b18-11-/t12-/m0/s1. The van der Waals surface area contributed by atoms with Gasteiger partial charge in [0.1, 0.15) is 6.10 Å². The van der Waals surface area contributed by atoms with Crippen molar-refractivity contribution in [1.82, 2.24) is 9.38 Å². The van der Waals surface area contributed by atoms with Gasteiger partial charge in [0.15, 0.2) is 16.5 Å². The third-order valence-corrected chi connectivity index (χ3v) is 5.31. The van der Waals surface area contributed by atoms with Crippen LogP contribution in [0, 0.1) is 0 Å². The molecule has 8 heteroatoms. The molecule has 0 radical (unpaired) electrons. The molecular formula is C21H17N2O5S-. The van der Waals surface area contributed by atoms with E-state index in [0.29, 0.717) is 27.6 Å². The number of rotatable bonds is 6. The Hall–Kier alpha value is -3.39. The summed E-state index contributed by atoms with van der Waals surface area (Å²) in [5, 5.41) is 10.9. The number of imidazole rings is 1. The van der Waals surface area contributed by atoms with Crippen LogP contribution in [0.4, 0.5) is 0 Å². The molecule has 0 N–H and O–H groups in total. The first-order chi connectivity index (χ1) is 14.0. The molecule has 1 atom stereocenters. The van der Waals surface area contributed by atoms with Crippen molar-refractivity contribution in [3.05, 3.63) is 62.9 Å². The molecule has 148 valence electrons. The minimum Gasteiger partial charge on any atom is -0.546 e. The van der Waals surface area contributed by atoms with Crippen LogP contribution < -0.4 is 24.7 Å². The van der Waals surface area contributed by atoms with Crippen LogP contribution >= 0.6 is 11.3 Å². The summed E-state index contributed by atoms with van der Waals surface area (Å²) < 4.78 is 13.1. The predicted molar refractivity (Wildman–Crippen MR) is 108 cm³/mol. The highest BCUT2D eigenvalue weighted by Gasteiger charge is 2.13. The van der Waals surface area contributed by atoms with Gasteiger partial charge in [0.05, 0.1) is 28.1 Å². The fourth-order valence-electron chi connectivity index (χ4n) is 2.98. The van der Waals surface area contributed by atoms with Crippen molar-refractivity contribution >= 4 is 39.4 Å². The number of aliphatic carboxylic acids is 1. The van der Waals surface area contributed by atoms with Gasteiger partial charge in [-0.1, -0.05) is 29.5 Å². The molecule has 0 aliphatic heterocycles. The Morgan fingerprint density at radius 1 is 1.28 bits per heavy atom. The lowest BCUT2D eigenvalue weighted by atomic mass is 10.2. The molecule has 0 unspecified atom stereocenters. The summed E-state index contributed by atoms with van der Waals surface area (Å²) in [6.07, 6.45) is 0.640. The topological polar surface area (TPSA) is 93.0 Å². The van der Waals surface area contributed by atoms with Crippen molar-refractivity contribution in [2.45, 2.75) is 20.0 Å². The highest BCUT2D eigenvalue weighted by molar-refractivity contribution is 7.15. The first kappa shape index (κ1) is 18.9. The second-order valence-electron chi connectivity index (χ2n) is 6.35. The Kier molecular flexibility index (Phi) is 4.94. The van der Waals surface area contributed by atoms with Gasteiger partial charge >= 0.3 is 0 Å². The van der Waals surface area contributed by atoms with Crippen LogP contribution in [0.15, 0.2) is 47.3 Å². The average Bonchev–Trinajstić information content (AvgIpc) is 3.20. The van der Waals surface area contributed by atoms with Crippen LogP contribution in [-0.4, -0.2) is 28.1 Å². The molecule has 0 saturated heterocycles. The first-order valence-electron chi connectivity index (χ1n) is 9.04. The molecule has 0 aliphatic rings. The predicted octanol–water partition coefficient (Wildman–Crippen LogP) is 1.37. The SMILES string of the molecule is CCOc1cc(/C=c2\sc3nc4ccccc4n3c2=O)ccc1O[C@@H](C)C(=O)[O-]. The molecule has 0 aliphatic carbocycles. The first-order valence-corrected chi connectivity index (χ1v) is 9.85. The number of ether oxygens (including phenoxy) is 2. The zero-order chi connectivity index (χ0) is 20.5. The van der Waals surface area contributed by atoms with Gasteiger partial charge < -0.3 is 19.4 Å².